The topological polar surface area (TPSA) is 45.7 Å². The fourth-order valence-corrected chi connectivity index (χ4v) is 2.51. The van der Waals surface area contributed by atoms with Crippen molar-refractivity contribution >= 4 is 23.5 Å². The van der Waals surface area contributed by atoms with Gasteiger partial charge in [0.05, 0.1) is 5.56 Å². The highest BCUT2D eigenvalue weighted by Crippen LogP contribution is 2.34. The van der Waals surface area contributed by atoms with E-state index in [1.165, 1.54) is 6.07 Å². The van der Waals surface area contributed by atoms with Crippen LogP contribution in [0, 0.1) is 0 Å². The molecular formula is C15H19ClF3N3O2. The minimum Gasteiger partial charge on any atom is -0.444 e. The first-order valence-corrected chi connectivity index (χ1v) is 7.82. The maximum atomic E-state index is 12.7. The Bertz CT molecular complexity index is 609. The number of halogens is 4. The van der Waals surface area contributed by atoms with Crippen LogP contribution in [0.25, 0.3) is 0 Å². The largest absolute Gasteiger partial charge is 0.444 e. The molecule has 1 aliphatic rings. The Hall–Kier alpha value is -1.70. The molecule has 0 unspecified atom stereocenters. The van der Waals surface area contributed by atoms with E-state index in [-0.39, 0.29) is 0 Å². The van der Waals surface area contributed by atoms with Gasteiger partial charge < -0.3 is 14.5 Å². The monoisotopic (exact) mass is 365 g/mol. The van der Waals surface area contributed by atoms with E-state index in [0.29, 0.717) is 32.0 Å². The first-order chi connectivity index (χ1) is 11.0. The molecule has 1 amide bonds. The first-order valence-electron chi connectivity index (χ1n) is 7.44. The standard InChI is InChI=1S/C15H19ClF3N3O2/c1-14(2,3)24-13(23)22-8-6-21(7-9-22)11-5-4-10(12(16)20-11)15(17,18)19/h4-5H,6-9H2,1-3H3. The summed E-state index contributed by atoms with van der Waals surface area (Å²) in [4.78, 5) is 19.2. The highest BCUT2D eigenvalue weighted by molar-refractivity contribution is 6.30. The zero-order chi connectivity index (χ0) is 18.1. The average Bonchev–Trinajstić information content (AvgIpc) is 2.44. The molecule has 0 spiro atoms. The second kappa shape index (κ2) is 6.66. The quantitative estimate of drug-likeness (QED) is 0.710. The molecule has 2 rings (SSSR count). The number of amides is 1. The molecule has 0 aromatic carbocycles. The maximum Gasteiger partial charge on any atom is 0.419 e. The summed E-state index contributed by atoms with van der Waals surface area (Å²) < 4.78 is 43.4. The molecule has 1 aromatic rings. The summed E-state index contributed by atoms with van der Waals surface area (Å²) in [5, 5.41) is -0.574. The van der Waals surface area contributed by atoms with Gasteiger partial charge in [-0.3, -0.25) is 0 Å². The molecule has 9 heteroatoms. The number of alkyl halides is 3. The third-order valence-electron chi connectivity index (χ3n) is 3.39. The molecule has 134 valence electrons. The normalized spacial score (nSPS) is 16.3. The minimum absolute atomic E-state index is 0.358. The van der Waals surface area contributed by atoms with Gasteiger partial charge in [0.25, 0.3) is 0 Å². The lowest BCUT2D eigenvalue weighted by Gasteiger charge is -2.36. The highest BCUT2D eigenvalue weighted by Gasteiger charge is 2.34. The van der Waals surface area contributed by atoms with Crippen molar-refractivity contribution < 1.29 is 22.7 Å². The van der Waals surface area contributed by atoms with E-state index in [4.69, 9.17) is 16.3 Å². The Morgan fingerprint density at radius 2 is 1.75 bits per heavy atom. The van der Waals surface area contributed by atoms with Gasteiger partial charge >= 0.3 is 12.3 Å². The number of piperazine rings is 1. The maximum absolute atomic E-state index is 12.7. The van der Waals surface area contributed by atoms with Crippen LogP contribution in [0.4, 0.5) is 23.8 Å². The number of pyridine rings is 1. The second-order valence-electron chi connectivity index (χ2n) is 6.46. The van der Waals surface area contributed by atoms with Crippen LogP contribution in [0.15, 0.2) is 12.1 Å². The number of hydrogen-bond acceptors (Lipinski definition) is 4. The van der Waals surface area contributed by atoms with Gasteiger partial charge in [0.15, 0.2) is 0 Å². The molecule has 0 radical (unpaired) electrons. The van der Waals surface area contributed by atoms with Gasteiger partial charge in [-0.1, -0.05) is 11.6 Å². The van der Waals surface area contributed by atoms with E-state index in [1.807, 2.05) is 0 Å². The molecule has 0 atom stereocenters. The number of carbonyl (C=O) groups is 1. The van der Waals surface area contributed by atoms with E-state index >= 15 is 0 Å². The number of hydrogen-bond donors (Lipinski definition) is 0. The lowest BCUT2D eigenvalue weighted by atomic mass is 10.2. The SMILES string of the molecule is CC(C)(C)OC(=O)N1CCN(c2ccc(C(F)(F)F)c(Cl)n2)CC1. The van der Waals surface area contributed by atoms with Crippen molar-refractivity contribution in [3.05, 3.63) is 22.8 Å². The van der Waals surface area contributed by atoms with E-state index in [0.717, 1.165) is 6.07 Å². The van der Waals surface area contributed by atoms with Crippen LogP contribution in [0.2, 0.25) is 5.15 Å². The fraction of sp³-hybridized carbons (Fsp3) is 0.600. The Morgan fingerprint density at radius 3 is 2.21 bits per heavy atom. The third-order valence-corrected chi connectivity index (χ3v) is 3.68. The minimum atomic E-state index is -4.53. The van der Waals surface area contributed by atoms with Crippen LogP contribution in [0.5, 0.6) is 0 Å². The van der Waals surface area contributed by atoms with E-state index in [9.17, 15) is 18.0 Å². The number of ether oxygens (including phenoxy) is 1. The smallest absolute Gasteiger partial charge is 0.419 e. The molecule has 1 aromatic heterocycles. The van der Waals surface area contributed by atoms with Crippen molar-refractivity contribution in [2.45, 2.75) is 32.5 Å². The van der Waals surface area contributed by atoms with Gasteiger partial charge in [0, 0.05) is 26.2 Å². The van der Waals surface area contributed by atoms with Crippen molar-refractivity contribution in [3.8, 4) is 0 Å². The van der Waals surface area contributed by atoms with Gasteiger partial charge in [-0.25, -0.2) is 9.78 Å². The number of rotatable bonds is 1. The van der Waals surface area contributed by atoms with Crippen molar-refractivity contribution in [2.24, 2.45) is 0 Å². The molecule has 0 aliphatic carbocycles. The van der Waals surface area contributed by atoms with Gasteiger partial charge in [-0.05, 0) is 32.9 Å². The van der Waals surface area contributed by atoms with E-state index in [1.54, 1.807) is 30.6 Å². The second-order valence-corrected chi connectivity index (χ2v) is 6.82. The summed E-state index contributed by atoms with van der Waals surface area (Å²) in [6.45, 7) is 7.03. The van der Waals surface area contributed by atoms with Crippen LogP contribution >= 0.6 is 11.6 Å². The van der Waals surface area contributed by atoms with Gasteiger partial charge in [0.1, 0.15) is 16.6 Å². The summed E-state index contributed by atoms with van der Waals surface area (Å²) in [5.41, 5.74) is -1.53. The zero-order valence-electron chi connectivity index (χ0n) is 13.7. The van der Waals surface area contributed by atoms with Crippen LogP contribution in [-0.2, 0) is 10.9 Å². The molecule has 2 heterocycles. The molecule has 1 saturated heterocycles. The lowest BCUT2D eigenvalue weighted by molar-refractivity contribution is -0.137. The fourth-order valence-electron chi connectivity index (χ4n) is 2.26. The van der Waals surface area contributed by atoms with E-state index in [2.05, 4.69) is 4.98 Å². The van der Waals surface area contributed by atoms with Crippen LogP contribution in [0.1, 0.15) is 26.3 Å². The lowest BCUT2D eigenvalue weighted by Crippen LogP contribution is -2.50. The average molecular weight is 366 g/mol. The van der Waals surface area contributed by atoms with Crippen LogP contribution in [-0.4, -0.2) is 47.8 Å². The van der Waals surface area contributed by atoms with Crippen molar-refractivity contribution in [1.82, 2.24) is 9.88 Å². The third kappa shape index (κ3) is 4.66. The van der Waals surface area contributed by atoms with Crippen molar-refractivity contribution in [1.29, 1.82) is 0 Å². The zero-order valence-corrected chi connectivity index (χ0v) is 14.4. The summed E-state index contributed by atoms with van der Waals surface area (Å²) in [6, 6.07) is 2.21. The summed E-state index contributed by atoms with van der Waals surface area (Å²) in [7, 11) is 0. The molecule has 0 bridgehead atoms. The highest BCUT2D eigenvalue weighted by atomic mass is 35.5. The van der Waals surface area contributed by atoms with Gasteiger partial charge in [-0.2, -0.15) is 13.2 Å². The summed E-state index contributed by atoms with van der Waals surface area (Å²) >= 11 is 5.64. The molecule has 1 fully saturated rings. The van der Waals surface area contributed by atoms with Crippen molar-refractivity contribution in [3.63, 3.8) is 0 Å². The van der Waals surface area contributed by atoms with Crippen LogP contribution in [0.3, 0.4) is 0 Å². The number of anilines is 1. The Kier molecular flexibility index (Phi) is 5.17. The molecular weight excluding hydrogens is 347 g/mol. The summed E-state index contributed by atoms with van der Waals surface area (Å²) in [6.07, 6.45) is -4.93. The first kappa shape index (κ1) is 18.6. The van der Waals surface area contributed by atoms with Gasteiger partial charge in [-0.15, -0.1) is 0 Å². The predicted molar refractivity (Wildman–Crippen MR) is 84.3 cm³/mol. The van der Waals surface area contributed by atoms with E-state index < -0.39 is 28.6 Å². The van der Waals surface area contributed by atoms with Crippen LogP contribution < -0.4 is 4.90 Å². The van der Waals surface area contributed by atoms with Crippen molar-refractivity contribution in [2.75, 3.05) is 31.1 Å². The molecule has 1 aliphatic heterocycles. The number of carbonyl (C=O) groups excluding carboxylic acids is 1. The summed E-state index contributed by atoms with van der Waals surface area (Å²) in [5.74, 6) is 0.358. The Labute approximate surface area is 143 Å². The number of nitrogens with zero attached hydrogens (tertiary/aromatic N) is 3. The Balaban J connectivity index is 2.00. The predicted octanol–water partition coefficient (Wildman–Crippen LogP) is 3.81. The molecule has 0 N–H and O–H groups in total. The molecule has 5 nitrogen and oxygen atoms in total. The number of aromatic nitrogens is 1. The molecule has 24 heavy (non-hydrogen) atoms. The Morgan fingerprint density at radius 1 is 1.17 bits per heavy atom. The molecule has 0 saturated carbocycles. The van der Waals surface area contributed by atoms with Gasteiger partial charge in [0.2, 0.25) is 0 Å².